The molecular weight excluding hydrogens is 178 g/mol. The van der Waals surface area contributed by atoms with E-state index in [2.05, 4.69) is 11.9 Å². The van der Waals surface area contributed by atoms with Crippen molar-refractivity contribution in [3.8, 4) is 0 Å². The van der Waals surface area contributed by atoms with Gasteiger partial charge in [-0.15, -0.1) is 0 Å². The van der Waals surface area contributed by atoms with Gasteiger partial charge in [-0.2, -0.15) is 0 Å². The number of nitrogens with zero attached hydrogens (tertiary/aromatic N) is 1. The van der Waals surface area contributed by atoms with Crippen LogP contribution >= 0.6 is 0 Å². The Morgan fingerprint density at radius 3 is 3.00 bits per heavy atom. The van der Waals surface area contributed by atoms with Crippen molar-refractivity contribution in [2.24, 2.45) is 0 Å². The normalized spacial score (nSPS) is 30.1. The summed E-state index contributed by atoms with van der Waals surface area (Å²) in [5.74, 6) is 0.716. The molecule has 2 heterocycles. The summed E-state index contributed by atoms with van der Waals surface area (Å²) in [5.41, 5.74) is -0.742. The average Bonchev–Trinajstić information content (AvgIpc) is 2.63. The molecule has 1 aromatic heterocycles. The Kier molecular flexibility index (Phi) is 2.61. The summed E-state index contributed by atoms with van der Waals surface area (Å²) in [6, 6.07) is 3.70. The van der Waals surface area contributed by atoms with E-state index in [4.69, 9.17) is 4.42 Å². The first-order chi connectivity index (χ1) is 6.71. The molecule has 1 aromatic rings. The standard InChI is InChI=1S/C11H17NO2/c1-12-7-3-5-11(13,6-8-12)10-4-2-9-14-10/h2,4,9,13H,3,5-8H2,1H3. The zero-order valence-corrected chi connectivity index (χ0v) is 8.57. The van der Waals surface area contributed by atoms with Crippen LogP contribution in [0.2, 0.25) is 0 Å². The molecule has 0 spiro atoms. The van der Waals surface area contributed by atoms with Crippen molar-refractivity contribution in [1.82, 2.24) is 4.90 Å². The number of hydrogen-bond donors (Lipinski definition) is 1. The number of aliphatic hydroxyl groups is 1. The van der Waals surface area contributed by atoms with E-state index in [9.17, 15) is 5.11 Å². The lowest BCUT2D eigenvalue weighted by molar-refractivity contribution is 0.000943. The lowest BCUT2D eigenvalue weighted by Crippen LogP contribution is -2.27. The van der Waals surface area contributed by atoms with Crippen LogP contribution in [0, 0.1) is 0 Å². The topological polar surface area (TPSA) is 36.6 Å². The van der Waals surface area contributed by atoms with Gasteiger partial charge in [0, 0.05) is 6.54 Å². The average molecular weight is 195 g/mol. The number of furan rings is 1. The Morgan fingerprint density at radius 1 is 1.43 bits per heavy atom. The molecule has 1 aliphatic rings. The molecule has 1 atom stereocenters. The summed E-state index contributed by atoms with van der Waals surface area (Å²) >= 11 is 0. The second kappa shape index (κ2) is 3.75. The second-order valence-corrected chi connectivity index (χ2v) is 4.17. The quantitative estimate of drug-likeness (QED) is 0.739. The van der Waals surface area contributed by atoms with Gasteiger partial charge in [-0.25, -0.2) is 0 Å². The second-order valence-electron chi connectivity index (χ2n) is 4.17. The van der Waals surface area contributed by atoms with Crippen LogP contribution < -0.4 is 0 Å². The monoisotopic (exact) mass is 195 g/mol. The maximum atomic E-state index is 10.4. The number of likely N-dealkylation sites (tertiary alicyclic amines) is 1. The van der Waals surface area contributed by atoms with E-state index in [1.54, 1.807) is 6.26 Å². The van der Waals surface area contributed by atoms with Crippen LogP contribution in [0.1, 0.15) is 25.0 Å². The van der Waals surface area contributed by atoms with Crippen LogP contribution in [-0.2, 0) is 5.60 Å². The highest BCUT2D eigenvalue weighted by molar-refractivity contribution is 5.09. The molecule has 0 amide bonds. The van der Waals surface area contributed by atoms with Gasteiger partial charge in [-0.05, 0) is 45.0 Å². The third-order valence-electron chi connectivity index (χ3n) is 3.02. The fourth-order valence-electron chi connectivity index (χ4n) is 2.04. The third-order valence-corrected chi connectivity index (χ3v) is 3.02. The minimum absolute atomic E-state index is 0.716. The van der Waals surface area contributed by atoms with Crippen LogP contribution in [0.25, 0.3) is 0 Å². The molecule has 14 heavy (non-hydrogen) atoms. The van der Waals surface area contributed by atoms with E-state index < -0.39 is 5.60 Å². The zero-order chi connectivity index (χ0) is 10.0. The van der Waals surface area contributed by atoms with E-state index in [1.807, 2.05) is 12.1 Å². The van der Waals surface area contributed by atoms with Crippen LogP contribution in [0.5, 0.6) is 0 Å². The van der Waals surface area contributed by atoms with E-state index in [-0.39, 0.29) is 0 Å². The lowest BCUT2D eigenvalue weighted by Gasteiger charge is -2.23. The maximum Gasteiger partial charge on any atom is 0.135 e. The number of rotatable bonds is 1. The minimum Gasteiger partial charge on any atom is -0.466 e. The highest BCUT2D eigenvalue weighted by Gasteiger charge is 2.33. The fourth-order valence-corrected chi connectivity index (χ4v) is 2.04. The highest BCUT2D eigenvalue weighted by Crippen LogP contribution is 2.32. The van der Waals surface area contributed by atoms with E-state index in [1.165, 1.54) is 0 Å². The molecule has 3 nitrogen and oxygen atoms in total. The van der Waals surface area contributed by atoms with Gasteiger partial charge in [-0.3, -0.25) is 0 Å². The summed E-state index contributed by atoms with van der Waals surface area (Å²) in [4.78, 5) is 2.25. The Labute approximate surface area is 84.3 Å². The highest BCUT2D eigenvalue weighted by atomic mass is 16.4. The van der Waals surface area contributed by atoms with Crippen molar-refractivity contribution in [3.05, 3.63) is 24.2 Å². The van der Waals surface area contributed by atoms with Gasteiger partial charge < -0.3 is 14.4 Å². The molecule has 0 saturated carbocycles. The molecular formula is C11H17NO2. The fraction of sp³-hybridized carbons (Fsp3) is 0.636. The van der Waals surface area contributed by atoms with Gasteiger partial charge in [0.15, 0.2) is 0 Å². The van der Waals surface area contributed by atoms with Gasteiger partial charge in [-0.1, -0.05) is 0 Å². The summed E-state index contributed by atoms with van der Waals surface area (Å²) in [5, 5.41) is 10.4. The van der Waals surface area contributed by atoms with Crippen LogP contribution in [0.4, 0.5) is 0 Å². The Bertz CT molecular complexity index is 283. The van der Waals surface area contributed by atoms with Crippen molar-refractivity contribution in [2.45, 2.75) is 24.9 Å². The summed E-state index contributed by atoms with van der Waals surface area (Å²) in [6.45, 7) is 1.99. The molecule has 0 aromatic carbocycles. The molecule has 1 N–H and O–H groups in total. The lowest BCUT2D eigenvalue weighted by atomic mass is 9.92. The molecule has 0 aliphatic carbocycles. The molecule has 1 aliphatic heterocycles. The van der Waals surface area contributed by atoms with Crippen LogP contribution in [0.3, 0.4) is 0 Å². The van der Waals surface area contributed by atoms with E-state index in [0.29, 0.717) is 5.76 Å². The first-order valence-electron chi connectivity index (χ1n) is 5.16. The number of hydrogen-bond acceptors (Lipinski definition) is 3. The maximum absolute atomic E-state index is 10.4. The van der Waals surface area contributed by atoms with Crippen molar-refractivity contribution in [2.75, 3.05) is 20.1 Å². The van der Waals surface area contributed by atoms with Crippen LogP contribution in [-0.4, -0.2) is 30.1 Å². The molecule has 1 saturated heterocycles. The van der Waals surface area contributed by atoms with Crippen molar-refractivity contribution in [3.63, 3.8) is 0 Å². The molecule has 0 radical (unpaired) electrons. The smallest absolute Gasteiger partial charge is 0.135 e. The minimum atomic E-state index is -0.742. The first-order valence-corrected chi connectivity index (χ1v) is 5.16. The molecule has 1 fully saturated rings. The van der Waals surface area contributed by atoms with Gasteiger partial charge in [0.25, 0.3) is 0 Å². The molecule has 1 unspecified atom stereocenters. The summed E-state index contributed by atoms with van der Waals surface area (Å²) in [6.07, 6.45) is 4.21. The first kappa shape index (κ1) is 9.74. The SMILES string of the molecule is CN1CCCC(O)(c2ccco2)CC1. The van der Waals surface area contributed by atoms with Gasteiger partial charge in [0.05, 0.1) is 6.26 Å². The zero-order valence-electron chi connectivity index (χ0n) is 8.57. The molecule has 3 heteroatoms. The summed E-state index contributed by atoms with van der Waals surface area (Å²) in [7, 11) is 2.09. The predicted octanol–water partition coefficient (Wildman–Crippen LogP) is 1.58. The van der Waals surface area contributed by atoms with E-state index >= 15 is 0 Å². The van der Waals surface area contributed by atoms with Crippen molar-refractivity contribution < 1.29 is 9.52 Å². The van der Waals surface area contributed by atoms with Gasteiger partial charge in [0.2, 0.25) is 0 Å². The van der Waals surface area contributed by atoms with Crippen molar-refractivity contribution >= 4 is 0 Å². The molecule has 78 valence electrons. The van der Waals surface area contributed by atoms with Crippen molar-refractivity contribution in [1.29, 1.82) is 0 Å². The predicted molar refractivity (Wildman–Crippen MR) is 54.0 cm³/mol. The molecule has 0 bridgehead atoms. The third kappa shape index (κ3) is 1.83. The van der Waals surface area contributed by atoms with Gasteiger partial charge >= 0.3 is 0 Å². The summed E-state index contributed by atoms with van der Waals surface area (Å²) < 4.78 is 5.30. The van der Waals surface area contributed by atoms with Gasteiger partial charge in [0.1, 0.15) is 11.4 Å². The van der Waals surface area contributed by atoms with Crippen LogP contribution in [0.15, 0.2) is 22.8 Å². The largest absolute Gasteiger partial charge is 0.466 e. The van der Waals surface area contributed by atoms with E-state index in [0.717, 1.165) is 32.4 Å². The molecule has 2 rings (SSSR count). The Balaban J connectivity index is 2.15. The Hall–Kier alpha value is -0.800. The Morgan fingerprint density at radius 2 is 2.29 bits per heavy atom.